The third-order valence-corrected chi connectivity index (χ3v) is 7.17. The first-order valence-electron chi connectivity index (χ1n) is 9.61. The number of rotatable bonds is 3. The second-order valence-electron chi connectivity index (χ2n) is 8.43. The van der Waals surface area contributed by atoms with Crippen LogP contribution in [0.5, 0.6) is 0 Å². The van der Waals surface area contributed by atoms with E-state index in [9.17, 15) is 14.4 Å². The van der Waals surface area contributed by atoms with Gasteiger partial charge in [-0.2, -0.15) is 0 Å². The van der Waals surface area contributed by atoms with Crippen LogP contribution in [0.25, 0.3) is 0 Å². The van der Waals surface area contributed by atoms with E-state index in [1.165, 1.54) is 0 Å². The number of carbonyl (C=O) groups is 3. The molecule has 0 unspecified atom stereocenters. The molecule has 0 aromatic rings. The maximum Gasteiger partial charge on any atom is 0.334 e. The fraction of sp³-hybridized carbons (Fsp3) is 0.750. The SMILES string of the molecule is CC[C@@H](C)C(=O)O[C@H]1CC[C@@H]2C[C@@H]3OC(=O)C(C)=C3[C@H]3OC(=O)[C@@H]1[C@]23C. The molecule has 7 atom stereocenters. The van der Waals surface area contributed by atoms with Crippen molar-refractivity contribution in [1.29, 1.82) is 0 Å². The summed E-state index contributed by atoms with van der Waals surface area (Å²) in [5.74, 6) is -1.34. The van der Waals surface area contributed by atoms with Gasteiger partial charge in [0.15, 0.2) is 0 Å². The van der Waals surface area contributed by atoms with Crippen molar-refractivity contribution in [3.8, 4) is 0 Å². The van der Waals surface area contributed by atoms with Crippen LogP contribution < -0.4 is 0 Å². The molecule has 2 saturated carbocycles. The van der Waals surface area contributed by atoms with Crippen molar-refractivity contribution in [1.82, 2.24) is 0 Å². The average molecular weight is 362 g/mol. The Kier molecular flexibility index (Phi) is 3.93. The van der Waals surface area contributed by atoms with E-state index in [1.54, 1.807) is 6.92 Å². The van der Waals surface area contributed by atoms with Crippen molar-refractivity contribution in [2.75, 3.05) is 0 Å². The third-order valence-electron chi connectivity index (χ3n) is 7.17. The second kappa shape index (κ2) is 5.83. The summed E-state index contributed by atoms with van der Waals surface area (Å²) < 4.78 is 17.1. The van der Waals surface area contributed by atoms with Crippen LogP contribution in [0.3, 0.4) is 0 Å². The van der Waals surface area contributed by atoms with Gasteiger partial charge in [-0.15, -0.1) is 0 Å². The van der Waals surface area contributed by atoms with Crippen molar-refractivity contribution in [3.05, 3.63) is 11.1 Å². The third kappa shape index (κ3) is 2.20. The number of carbonyl (C=O) groups excluding carboxylic acids is 3. The van der Waals surface area contributed by atoms with Gasteiger partial charge in [0, 0.05) is 16.6 Å². The van der Waals surface area contributed by atoms with Gasteiger partial charge in [0.2, 0.25) is 0 Å². The Balaban J connectivity index is 1.68. The summed E-state index contributed by atoms with van der Waals surface area (Å²) in [5.41, 5.74) is 0.918. The highest BCUT2D eigenvalue weighted by Gasteiger charge is 2.68. The highest BCUT2D eigenvalue weighted by atomic mass is 16.6. The van der Waals surface area contributed by atoms with E-state index < -0.39 is 23.5 Å². The van der Waals surface area contributed by atoms with Crippen LogP contribution in [0.1, 0.15) is 53.4 Å². The molecule has 0 amide bonds. The molecular weight excluding hydrogens is 336 g/mol. The molecule has 6 nitrogen and oxygen atoms in total. The number of esters is 3. The van der Waals surface area contributed by atoms with Gasteiger partial charge in [-0.1, -0.05) is 20.8 Å². The van der Waals surface area contributed by atoms with Gasteiger partial charge < -0.3 is 14.2 Å². The minimum atomic E-state index is -0.476. The van der Waals surface area contributed by atoms with E-state index >= 15 is 0 Å². The minimum Gasteiger partial charge on any atom is -0.461 e. The van der Waals surface area contributed by atoms with E-state index in [0.29, 0.717) is 24.8 Å². The van der Waals surface area contributed by atoms with Gasteiger partial charge >= 0.3 is 17.9 Å². The minimum absolute atomic E-state index is 0.185. The highest BCUT2D eigenvalue weighted by molar-refractivity contribution is 5.92. The van der Waals surface area contributed by atoms with Crippen LogP contribution in [0.2, 0.25) is 0 Å². The van der Waals surface area contributed by atoms with E-state index in [-0.39, 0.29) is 35.8 Å². The fourth-order valence-corrected chi connectivity index (χ4v) is 5.37. The van der Waals surface area contributed by atoms with Crippen LogP contribution in [0.4, 0.5) is 0 Å². The van der Waals surface area contributed by atoms with Gasteiger partial charge in [-0.3, -0.25) is 9.59 Å². The summed E-state index contributed by atoms with van der Waals surface area (Å²) in [4.78, 5) is 37.2. The zero-order chi connectivity index (χ0) is 18.8. The maximum absolute atomic E-state index is 12.8. The summed E-state index contributed by atoms with van der Waals surface area (Å²) in [7, 11) is 0. The summed E-state index contributed by atoms with van der Waals surface area (Å²) in [6.07, 6.45) is 1.70. The lowest BCUT2D eigenvalue weighted by Gasteiger charge is -2.50. The quantitative estimate of drug-likeness (QED) is 0.567. The molecule has 2 aliphatic carbocycles. The molecule has 4 rings (SSSR count). The molecule has 3 fully saturated rings. The van der Waals surface area contributed by atoms with Gasteiger partial charge in [0.1, 0.15) is 24.2 Å². The predicted octanol–water partition coefficient (Wildman–Crippen LogP) is 2.55. The molecule has 142 valence electrons. The molecule has 0 aromatic carbocycles. The van der Waals surface area contributed by atoms with Gasteiger partial charge in [0.05, 0.1) is 5.92 Å². The van der Waals surface area contributed by atoms with Gasteiger partial charge in [0.25, 0.3) is 0 Å². The standard InChI is InChI=1S/C20H26O6/c1-5-9(2)17(21)24-12-7-6-11-8-13-14(10(3)18(22)25-13)16-20(11,4)15(12)19(23)26-16/h9,11-13,15-16H,5-8H2,1-4H3/t9-,11-,12+,13+,15-,16-,20+/m1/s1. The Morgan fingerprint density at radius 1 is 1.31 bits per heavy atom. The lowest BCUT2D eigenvalue weighted by molar-refractivity contribution is -0.168. The molecule has 1 saturated heterocycles. The molecule has 4 aliphatic rings. The maximum atomic E-state index is 12.8. The fourth-order valence-electron chi connectivity index (χ4n) is 5.37. The molecule has 2 aliphatic heterocycles. The Morgan fingerprint density at radius 2 is 2.04 bits per heavy atom. The van der Waals surface area contributed by atoms with Crippen molar-refractivity contribution in [2.45, 2.75) is 71.7 Å². The van der Waals surface area contributed by atoms with Crippen LogP contribution in [0.15, 0.2) is 11.1 Å². The number of fused-ring (bicyclic) bond motifs is 2. The first kappa shape index (κ1) is 17.6. The Hall–Kier alpha value is -1.85. The van der Waals surface area contributed by atoms with E-state index in [1.807, 2.05) is 13.8 Å². The predicted molar refractivity (Wildman–Crippen MR) is 90.7 cm³/mol. The summed E-state index contributed by atoms with van der Waals surface area (Å²) in [6.45, 7) is 7.58. The van der Waals surface area contributed by atoms with Gasteiger partial charge in [-0.05, 0) is 38.5 Å². The molecule has 0 bridgehead atoms. The molecule has 0 N–H and O–H groups in total. The van der Waals surface area contributed by atoms with Crippen LogP contribution in [-0.4, -0.2) is 36.2 Å². The Morgan fingerprint density at radius 3 is 2.73 bits per heavy atom. The molecule has 0 spiro atoms. The zero-order valence-electron chi connectivity index (χ0n) is 15.7. The molecular formula is C20H26O6. The largest absolute Gasteiger partial charge is 0.461 e. The average Bonchev–Trinajstić information content (AvgIpc) is 3.03. The number of hydrogen-bond donors (Lipinski definition) is 0. The highest BCUT2D eigenvalue weighted by Crippen LogP contribution is 2.61. The second-order valence-corrected chi connectivity index (χ2v) is 8.43. The van der Waals surface area contributed by atoms with Crippen molar-refractivity contribution in [2.24, 2.45) is 23.2 Å². The zero-order valence-corrected chi connectivity index (χ0v) is 15.7. The summed E-state index contributed by atoms with van der Waals surface area (Å²) in [6, 6.07) is 0. The normalized spacial score (nSPS) is 41.9. The number of hydrogen-bond acceptors (Lipinski definition) is 6. The Labute approximate surface area is 153 Å². The van der Waals surface area contributed by atoms with Crippen molar-refractivity contribution < 1.29 is 28.6 Å². The number of ether oxygens (including phenoxy) is 3. The van der Waals surface area contributed by atoms with Crippen LogP contribution in [0, 0.1) is 23.2 Å². The smallest absolute Gasteiger partial charge is 0.334 e. The van der Waals surface area contributed by atoms with Crippen LogP contribution >= 0.6 is 0 Å². The lowest BCUT2D eigenvalue weighted by atomic mass is 9.53. The molecule has 6 heteroatoms. The first-order chi connectivity index (χ1) is 12.3. The molecule has 0 radical (unpaired) electrons. The Bertz CT molecular complexity index is 709. The van der Waals surface area contributed by atoms with E-state index in [2.05, 4.69) is 6.92 Å². The summed E-state index contributed by atoms with van der Waals surface area (Å²) >= 11 is 0. The van der Waals surface area contributed by atoms with E-state index in [4.69, 9.17) is 14.2 Å². The van der Waals surface area contributed by atoms with E-state index in [0.717, 1.165) is 12.0 Å². The lowest BCUT2D eigenvalue weighted by Crippen LogP contribution is -2.55. The summed E-state index contributed by atoms with van der Waals surface area (Å²) in [5, 5.41) is 0. The molecule has 26 heavy (non-hydrogen) atoms. The van der Waals surface area contributed by atoms with Crippen molar-refractivity contribution in [3.63, 3.8) is 0 Å². The topological polar surface area (TPSA) is 78.9 Å². The van der Waals surface area contributed by atoms with Crippen molar-refractivity contribution >= 4 is 17.9 Å². The molecule has 0 aromatic heterocycles. The monoisotopic (exact) mass is 362 g/mol. The van der Waals surface area contributed by atoms with Gasteiger partial charge in [-0.25, -0.2) is 4.79 Å². The molecule has 2 heterocycles. The van der Waals surface area contributed by atoms with Crippen LogP contribution in [-0.2, 0) is 28.6 Å². The first-order valence-corrected chi connectivity index (χ1v) is 9.61.